The smallest absolute Gasteiger partial charge is 0.318 e. The number of piperidine rings is 1. The van der Waals surface area contributed by atoms with E-state index in [-0.39, 0.29) is 24.2 Å². The molecule has 2 heterocycles. The van der Waals surface area contributed by atoms with Gasteiger partial charge in [0.2, 0.25) is 5.91 Å². The number of primary amides is 1. The average Bonchev–Trinajstić information content (AvgIpc) is 2.65. The van der Waals surface area contributed by atoms with Crippen LogP contribution < -0.4 is 21.1 Å². The third-order valence-corrected chi connectivity index (χ3v) is 4.97. The lowest BCUT2D eigenvalue weighted by Crippen LogP contribution is -2.51. The first-order valence-corrected chi connectivity index (χ1v) is 8.80. The van der Waals surface area contributed by atoms with Crippen molar-refractivity contribution in [2.75, 3.05) is 25.0 Å². The molecule has 1 aromatic rings. The molecule has 0 aromatic heterocycles. The molecule has 0 unspecified atom stereocenters. The highest BCUT2D eigenvalue weighted by Crippen LogP contribution is 2.31. The Hall–Kier alpha value is -2.94. The molecule has 144 valence electrons. The third-order valence-electron chi connectivity index (χ3n) is 4.97. The van der Waals surface area contributed by atoms with Gasteiger partial charge in [-0.3, -0.25) is 24.6 Å². The van der Waals surface area contributed by atoms with Crippen molar-refractivity contribution in [3.05, 3.63) is 23.8 Å². The van der Waals surface area contributed by atoms with Crippen molar-refractivity contribution in [3.63, 3.8) is 0 Å². The summed E-state index contributed by atoms with van der Waals surface area (Å²) in [5.74, 6) is -0.297. The number of benzene rings is 1. The summed E-state index contributed by atoms with van der Waals surface area (Å²) in [6.45, 7) is 2.80. The normalized spacial score (nSPS) is 18.6. The number of nitrogens with two attached hydrogens (primary N) is 1. The first-order valence-electron chi connectivity index (χ1n) is 8.80. The summed E-state index contributed by atoms with van der Waals surface area (Å²) >= 11 is 0. The summed E-state index contributed by atoms with van der Waals surface area (Å²) in [6, 6.07) is 3.66. The summed E-state index contributed by atoms with van der Waals surface area (Å²) in [4.78, 5) is 48.9. The second kappa shape index (κ2) is 7.75. The van der Waals surface area contributed by atoms with Crippen molar-refractivity contribution < 1.29 is 23.9 Å². The van der Waals surface area contributed by atoms with Gasteiger partial charge in [-0.25, -0.2) is 4.79 Å². The van der Waals surface area contributed by atoms with Crippen LogP contribution in [0.3, 0.4) is 0 Å². The van der Waals surface area contributed by atoms with E-state index >= 15 is 0 Å². The number of anilines is 1. The van der Waals surface area contributed by atoms with Gasteiger partial charge in [0.1, 0.15) is 5.75 Å². The zero-order valence-electron chi connectivity index (χ0n) is 15.0. The van der Waals surface area contributed by atoms with Gasteiger partial charge in [0.25, 0.3) is 5.91 Å². The molecular formula is C18H22N4O5. The fourth-order valence-electron chi connectivity index (χ4n) is 3.41. The maximum Gasteiger partial charge on any atom is 0.318 e. The summed E-state index contributed by atoms with van der Waals surface area (Å²) in [5, 5.41) is 4.78. The van der Waals surface area contributed by atoms with Gasteiger partial charge >= 0.3 is 6.03 Å². The number of carbonyl (C=O) groups excluding carboxylic acids is 4. The molecule has 1 fully saturated rings. The van der Waals surface area contributed by atoms with E-state index in [0.29, 0.717) is 42.9 Å². The van der Waals surface area contributed by atoms with Crippen LogP contribution >= 0.6 is 0 Å². The van der Waals surface area contributed by atoms with Crippen molar-refractivity contribution >= 4 is 29.3 Å². The van der Waals surface area contributed by atoms with Crippen LogP contribution in [-0.2, 0) is 9.59 Å². The maximum atomic E-state index is 12.8. The number of carbonyl (C=O) groups is 4. The third kappa shape index (κ3) is 4.25. The Morgan fingerprint density at radius 2 is 2.00 bits per heavy atom. The largest absolute Gasteiger partial charge is 0.482 e. The molecule has 9 nitrogen and oxygen atoms in total. The molecule has 4 amide bonds. The van der Waals surface area contributed by atoms with Gasteiger partial charge in [0.05, 0.1) is 11.7 Å². The van der Waals surface area contributed by atoms with Gasteiger partial charge in [0.15, 0.2) is 12.4 Å². The molecule has 1 saturated heterocycles. The molecule has 0 aliphatic carbocycles. The fraction of sp³-hybridized carbons (Fsp3) is 0.444. The number of hydrogen-bond acceptors (Lipinski definition) is 6. The molecule has 0 radical (unpaired) electrons. The lowest BCUT2D eigenvalue weighted by atomic mass is 9.88. The first kappa shape index (κ1) is 18.8. The van der Waals surface area contributed by atoms with Gasteiger partial charge in [-0.2, -0.15) is 0 Å². The molecule has 3 rings (SSSR count). The molecule has 9 heteroatoms. The number of nitrogens with one attached hydrogen (secondary N) is 2. The number of imide groups is 1. The lowest BCUT2D eigenvalue weighted by Gasteiger charge is -2.34. The van der Waals surface area contributed by atoms with E-state index in [0.717, 1.165) is 0 Å². The van der Waals surface area contributed by atoms with Crippen LogP contribution in [0.15, 0.2) is 18.2 Å². The van der Waals surface area contributed by atoms with E-state index in [1.54, 1.807) is 25.1 Å². The molecular weight excluding hydrogens is 352 g/mol. The van der Waals surface area contributed by atoms with Crippen molar-refractivity contribution in [3.8, 4) is 5.75 Å². The molecule has 2 aliphatic rings. The number of ether oxygens (including phenoxy) is 1. The highest BCUT2D eigenvalue weighted by molar-refractivity contribution is 6.01. The molecule has 4 N–H and O–H groups in total. The predicted octanol–water partition coefficient (Wildman–Crippen LogP) is 0.496. The Balaban J connectivity index is 1.60. The summed E-state index contributed by atoms with van der Waals surface area (Å²) in [7, 11) is 0. The first-order chi connectivity index (χ1) is 12.8. The zero-order chi connectivity index (χ0) is 19.6. The van der Waals surface area contributed by atoms with E-state index in [1.807, 2.05) is 4.90 Å². The summed E-state index contributed by atoms with van der Waals surface area (Å²) in [5.41, 5.74) is 6.01. The molecule has 27 heavy (non-hydrogen) atoms. The Morgan fingerprint density at radius 1 is 1.30 bits per heavy atom. The van der Waals surface area contributed by atoms with Gasteiger partial charge in [-0.05, 0) is 51.1 Å². The number of fused-ring (bicyclic) bond motifs is 1. The summed E-state index contributed by atoms with van der Waals surface area (Å²) < 4.78 is 5.31. The highest BCUT2D eigenvalue weighted by Gasteiger charge is 2.31. The van der Waals surface area contributed by atoms with Crippen LogP contribution in [0.4, 0.5) is 10.5 Å². The minimum absolute atomic E-state index is 0.00603. The van der Waals surface area contributed by atoms with Crippen LogP contribution in [0.2, 0.25) is 0 Å². The van der Waals surface area contributed by atoms with Crippen LogP contribution in [0.5, 0.6) is 5.75 Å². The number of nitrogens with zero attached hydrogens (tertiary/aromatic N) is 1. The van der Waals surface area contributed by atoms with Crippen molar-refractivity contribution in [2.45, 2.75) is 25.8 Å². The molecule has 0 spiro atoms. The van der Waals surface area contributed by atoms with Crippen LogP contribution in [-0.4, -0.2) is 54.3 Å². The molecule has 1 atom stereocenters. The van der Waals surface area contributed by atoms with E-state index < -0.39 is 18.0 Å². The summed E-state index contributed by atoms with van der Waals surface area (Å²) in [6.07, 6.45) is 1.21. The fourth-order valence-corrected chi connectivity index (χ4v) is 3.41. The number of likely N-dealkylation sites (tertiary alicyclic amines) is 1. The Labute approximate surface area is 156 Å². The SMILES string of the molecule is C[C@H](C(=O)NC(N)=O)N1CCC(C(=O)c2ccc3c(c2)NC(=O)CO3)CC1. The van der Waals surface area contributed by atoms with Gasteiger partial charge in [-0.15, -0.1) is 0 Å². The topological polar surface area (TPSA) is 131 Å². The van der Waals surface area contributed by atoms with Gasteiger partial charge in [0, 0.05) is 11.5 Å². The van der Waals surface area contributed by atoms with Crippen LogP contribution in [0, 0.1) is 5.92 Å². The number of ketones is 1. The quantitative estimate of drug-likeness (QED) is 0.658. The zero-order valence-corrected chi connectivity index (χ0v) is 15.0. The standard InChI is InChI=1S/C18H22N4O5/c1-10(17(25)21-18(19)26)22-6-4-11(5-7-22)16(24)12-2-3-14-13(8-12)20-15(23)9-27-14/h2-3,8,10-11H,4-7,9H2,1H3,(H,20,23)(H3,19,21,25,26)/t10-/m1/s1. The number of rotatable bonds is 4. The number of hydrogen-bond donors (Lipinski definition) is 3. The number of amides is 4. The Bertz CT molecular complexity index is 786. The van der Waals surface area contributed by atoms with Crippen molar-refractivity contribution in [2.24, 2.45) is 11.7 Å². The molecule has 1 aromatic carbocycles. The lowest BCUT2D eigenvalue weighted by molar-refractivity contribution is -0.125. The van der Waals surface area contributed by atoms with E-state index in [9.17, 15) is 19.2 Å². The van der Waals surface area contributed by atoms with Crippen molar-refractivity contribution in [1.29, 1.82) is 0 Å². The number of urea groups is 1. The van der Waals surface area contributed by atoms with Gasteiger partial charge < -0.3 is 15.8 Å². The molecule has 2 aliphatic heterocycles. The highest BCUT2D eigenvalue weighted by atomic mass is 16.5. The van der Waals surface area contributed by atoms with Crippen LogP contribution in [0.1, 0.15) is 30.1 Å². The molecule has 0 bridgehead atoms. The Morgan fingerprint density at radius 3 is 2.67 bits per heavy atom. The maximum absolute atomic E-state index is 12.8. The predicted molar refractivity (Wildman–Crippen MR) is 96.4 cm³/mol. The van der Waals surface area contributed by atoms with E-state index in [1.165, 1.54) is 0 Å². The minimum Gasteiger partial charge on any atom is -0.482 e. The second-order valence-corrected chi connectivity index (χ2v) is 6.75. The van der Waals surface area contributed by atoms with Crippen molar-refractivity contribution in [1.82, 2.24) is 10.2 Å². The number of Topliss-reactive ketones (excluding diaryl/α,β-unsaturated/α-hetero) is 1. The minimum atomic E-state index is -0.875. The van der Waals surface area contributed by atoms with Crippen LogP contribution in [0.25, 0.3) is 0 Å². The van der Waals surface area contributed by atoms with E-state index in [2.05, 4.69) is 10.6 Å². The average molecular weight is 374 g/mol. The second-order valence-electron chi connectivity index (χ2n) is 6.75. The Kier molecular flexibility index (Phi) is 5.41. The molecule has 0 saturated carbocycles. The van der Waals surface area contributed by atoms with Gasteiger partial charge in [-0.1, -0.05) is 0 Å². The monoisotopic (exact) mass is 374 g/mol. The van der Waals surface area contributed by atoms with E-state index in [4.69, 9.17) is 10.5 Å².